The molecule has 0 radical (unpaired) electrons. The summed E-state index contributed by atoms with van der Waals surface area (Å²) in [5.74, 6) is 0.284. The Hall–Kier alpha value is -3.13. The minimum atomic E-state index is -0.711. The summed E-state index contributed by atoms with van der Waals surface area (Å²) in [5.41, 5.74) is 5.39. The molecule has 1 aliphatic heterocycles. The molecule has 144 valence electrons. The number of rotatable bonds is 4. The van der Waals surface area contributed by atoms with Crippen LogP contribution in [0.15, 0.2) is 84.9 Å². The van der Waals surface area contributed by atoms with Gasteiger partial charge < -0.3 is 5.32 Å². The van der Waals surface area contributed by atoms with Gasteiger partial charge in [0.15, 0.2) is 5.78 Å². The van der Waals surface area contributed by atoms with Crippen molar-refractivity contribution in [2.24, 2.45) is 0 Å². The number of hydrogen-bond acceptors (Lipinski definition) is 2. The van der Waals surface area contributed by atoms with Crippen molar-refractivity contribution in [2.45, 2.75) is 37.6 Å². The summed E-state index contributed by atoms with van der Waals surface area (Å²) in [6, 6.07) is 29.3. The van der Waals surface area contributed by atoms with E-state index in [1.54, 1.807) is 0 Å². The van der Waals surface area contributed by atoms with Gasteiger partial charge in [0.05, 0.1) is 5.41 Å². The minimum Gasteiger partial charge on any atom is -0.369 e. The maximum atomic E-state index is 14.3. The highest BCUT2D eigenvalue weighted by atomic mass is 16.1. The van der Waals surface area contributed by atoms with E-state index in [1.807, 2.05) is 18.2 Å². The monoisotopic (exact) mass is 379 g/mol. The lowest BCUT2D eigenvalue weighted by molar-refractivity contribution is -0.125. The molecule has 2 aliphatic rings. The minimum absolute atomic E-state index is 0.284. The van der Waals surface area contributed by atoms with Crippen LogP contribution in [0.2, 0.25) is 0 Å². The van der Waals surface area contributed by atoms with Crippen LogP contribution in [0.5, 0.6) is 0 Å². The van der Waals surface area contributed by atoms with E-state index in [-0.39, 0.29) is 5.78 Å². The lowest BCUT2D eigenvalue weighted by Gasteiger charge is -2.42. The average molecular weight is 380 g/mol. The fourth-order valence-corrected chi connectivity index (χ4v) is 5.53. The van der Waals surface area contributed by atoms with Gasteiger partial charge >= 0.3 is 0 Å². The molecule has 0 fully saturated rings. The molecule has 0 saturated heterocycles. The summed E-state index contributed by atoms with van der Waals surface area (Å²) in [4.78, 5) is 14.3. The van der Waals surface area contributed by atoms with E-state index in [1.165, 1.54) is 0 Å². The van der Waals surface area contributed by atoms with Gasteiger partial charge in [0.2, 0.25) is 0 Å². The molecule has 0 aromatic heterocycles. The van der Waals surface area contributed by atoms with Crippen LogP contribution < -0.4 is 5.32 Å². The predicted octanol–water partition coefficient (Wildman–Crippen LogP) is 6.10. The van der Waals surface area contributed by atoms with Gasteiger partial charge in [-0.2, -0.15) is 0 Å². The second-order valence-corrected chi connectivity index (χ2v) is 8.00. The molecule has 1 aliphatic carbocycles. The van der Waals surface area contributed by atoms with Crippen LogP contribution in [0.25, 0.3) is 11.1 Å². The van der Waals surface area contributed by atoms with Crippen molar-refractivity contribution in [3.8, 4) is 0 Å². The molecule has 5 rings (SSSR count). The SMILES string of the molecule is CC[C@]12Nc3ccccc3[C@@](CC)(C1=O)C(c1ccccc1)=C2c1ccccc1. The van der Waals surface area contributed by atoms with Gasteiger partial charge in [0.1, 0.15) is 5.54 Å². The molecular formula is C27H25NO. The third-order valence-electron chi connectivity index (χ3n) is 6.80. The van der Waals surface area contributed by atoms with Gasteiger partial charge in [-0.25, -0.2) is 0 Å². The zero-order valence-electron chi connectivity index (χ0n) is 16.9. The molecule has 2 nitrogen and oxygen atoms in total. The Kier molecular flexibility index (Phi) is 3.99. The summed E-state index contributed by atoms with van der Waals surface area (Å²) >= 11 is 0. The molecule has 0 saturated carbocycles. The quantitative estimate of drug-likeness (QED) is 0.593. The fourth-order valence-electron chi connectivity index (χ4n) is 5.53. The van der Waals surface area contributed by atoms with E-state index in [4.69, 9.17) is 0 Å². The van der Waals surface area contributed by atoms with Crippen molar-refractivity contribution in [3.05, 3.63) is 102 Å². The predicted molar refractivity (Wildman–Crippen MR) is 120 cm³/mol. The number of ketones is 1. The van der Waals surface area contributed by atoms with E-state index in [2.05, 4.69) is 85.9 Å². The summed E-state index contributed by atoms with van der Waals surface area (Å²) in [5, 5.41) is 3.70. The number of Topliss-reactive ketones (excluding diaryl/α,β-unsaturated/α-hetero) is 1. The Morgan fingerprint density at radius 1 is 0.690 bits per heavy atom. The van der Waals surface area contributed by atoms with Gasteiger partial charge in [-0.3, -0.25) is 4.79 Å². The van der Waals surface area contributed by atoms with Crippen LogP contribution >= 0.6 is 0 Å². The van der Waals surface area contributed by atoms with Crippen molar-refractivity contribution >= 4 is 22.6 Å². The molecule has 1 heterocycles. The van der Waals surface area contributed by atoms with Gasteiger partial charge in [-0.1, -0.05) is 92.7 Å². The van der Waals surface area contributed by atoms with E-state index >= 15 is 0 Å². The zero-order chi connectivity index (χ0) is 20.1. The second kappa shape index (κ2) is 6.45. The molecule has 0 amide bonds. The number of carbonyl (C=O) groups excluding carboxylic acids is 1. The third kappa shape index (κ3) is 2.20. The van der Waals surface area contributed by atoms with Gasteiger partial charge in [-0.15, -0.1) is 0 Å². The van der Waals surface area contributed by atoms with Crippen molar-refractivity contribution in [1.29, 1.82) is 0 Å². The Labute approximate surface area is 172 Å². The Morgan fingerprint density at radius 3 is 1.83 bits per heavy atom. The van der Waals surface area contributed by atoms with Crippen LogP contribution in [0, 0.1) is 0 Å². The number of benzene rings is 3. The van der Waals surface area contributed by atoms with Gasteiger partial charge in [-0.05, 0) is 46.7 Å². The Bertz CT molecular complexity index is 1120. The molecule has 3 aromatic rings. The van der Waals surface area contributed by atoms with Crippen molar-refractivity contribution < 1.29 is 4.79 Å². The lowest BCUT2D eigenvalue weighted by Crippen LogP contribution is -2.54. The number of carbonyl (C=O) groups is 1. The second-order valence-electron chi connectivity index (χ2n) is 8.00. The summed E-state index contributed by atoms with van der Waals surface area (Å²) in [6.07, 6.45) is 1.45. The highest BCUT2D eigenvalue weighted by Gasteiger charge is 2.64. The summed E-state index contributed by atoms with van der Waals surface area (Å²) in [7, 11) is 0. The van der Waals surface area contributed by atoms with Crippen LogP contribution in [-0.4, -0.2) is 11.3 Å². The maximum absolute atomic E-state index is 14.3. The third-order valence-corrected chi connectivity index (χ3v) is 6.80. The van der Waals surface area contributed by atoms with E-state index < -0.39 is 11.0 Å². The molecule has 3 aromatic carbocycles. The lowest BCUT2D eigenvalue weighted by atomic mass is 9.65. The van der Waals surface area contributed by atoms with Crippen LogP contribution in [-0.2, 0) is 10.2 Å². The first-order valence-electron chi connectivity index (χ1n) is 10.5. The molecule has 1 N–H and O–H groups in total. The van der Waals surface area contributed by atoms with Crippen molar-refractivity contribution in [2.75, 3.05) is 5.32 Å². The summed E-state index contributed by atoms with van der Waals surface area (Å²) in [6.45, 7) is 4.27. The number of para-hydroxylation sites is 1. The number of hydrogen-bond donors (Lipinski definition) is 1. The number of anilines is 1. The fraction of sp³-hybridized carbons (Fsp3) is 0.222. The molecule has 29 heavy (non-hydrogen) atoms. The van der Waals surface area contributed by atoms with E-state index in [0.717, 1.165) is 39.9 Å². The standard InChI is InChI=1S/C27H25NO/c1-3-26-21-17-11-12-18-22(21)28-27(4-2,25(26)29)24(20-15-9-6-10-16-20)23(26)19-13-7-5-8-14-19/h5-18,28H,3-4H2,1-2H3/t26-,27-/m1/s1. The number of fused-ring (bicyclic) bond motifs is 4. The molecule has 2 atom stereocenters. The highest BCUT2D eigenvalue weighted by Crippen LogP contribution is 2.62. The van der Waals surface area contributed by atoms with E-state index in [0.29, 0.717) is 6.42 Å². The number of allylic oxidation sites excluding steroid dienone is 1. The average Bonchev–Trinajstić information content (AvgIpc) is 2.93. The van der Waals surface area contributed by atoms with Crippen molar-refractivity contribution in [3.63, 3.8) is 0 Å². The zero-order valence-corrected chi connectivity index (χ0v) is 16.9. The van der Waals surface area contributed by atoms with Crippen LogP contribution in [0.3, 0.4) is 0 Å². The van der Waals surface area contributed by atoms with Crippen molar-refractivity contribution in [1.82, 2.24) is 0 Å². The molecule has 0 unspecified atom stereocenters. The Morgan fingerprint density at radius 2 is 1.24 bits per heavy atom. The van der Waals surface area contributed by atoms with Gasteiger partial charge in [0.25, 0.3) is 0 Å². The summed E-state index contributed by atoms with van der Waals surface area (Å²) < 4.78 is 0. The topological polar surface area (TPSA) is 29.1 Å². The van der Waals surface area contributed by atoms with Gasteiger partial charge in [0, 0.05) is 5.69 Å². The molecule has 0 spiro atoms. The maximum Gasteiger partial charge on any atom is 0.177 e. The largest absolute Gasteiger partial charge is 0.369 e. The first-order valence-corrected chi connectivity index (χ1v) is 10.5. The highest BCUT2D eigenvalue weighted by molar-refractivity contribution is 6.30. The first kappa shape index (κ1) is 17.9. The normalized spacial score (nSPS) is 25.0. The molecule has 2 bridgehead atoms. The van der Waals surface area contributed by atoms with Crippen LogP contribution in [0.1, 0.15) is 43.4 Å². The molecular weight excluding hydrogens is 354 g/mol. The van der Waals surface area contributed by atoms with E-state index in [9.17, 15) is 4.79 Å². The Balaban J connectivity index is 1.96. The smallest absolute Gasteiger partial charge is 0.177 e. The first-order chi connectivity index (χ1) is 14.2. The number of nitrogens with one attached hydrogen (secondary N) is 1. The van der Waals surface area contributed by atoms with Crippen LogP contribution in [0.4, 0.5) is 5.69 Å². The molecule has 2 heteroatoms.